The molecule has 0 aromatic carbocycles. The zero-order valence-corrected chi connectivity index (χ0v) is 17.4. The molecule has 4 nitrogen and oxygen atoms in total. The number of rotatable bonds is 6. The second-order valence-corrected chi connectivity index (χ2v) is 10.1. The van der Waals surface area contributed by atoms with E-state index in [9.17, 15) is 0 Å². The molecule has 26 heavy (non-hydrogen) atoms. The van der Waals surface area contributed by atoms with E-state index in [1.54, 1.807) is 11.3 Å². The fraction of sp³-hybridized carbons (Fsp3) is 0.857. The van der Waals surface area contributed by atoms with Gasteiger partial charge < -0.3 is 9.64 Å². The van der Waals surface area contributed by atoms with E-state index >= 15 is 0 Å². The first-order valence-electron chi connectivity index (χ1n) is 10.5. The van der Waals surface area contributed by atoms with Crippen LogP contribution in [0.2, 0.25) is 0 Å². The molecule has 146 valence electrons. The molecule has 1 spiro atoms. The number of piperidine rings is 1. The van der Waals surface area contributed by atoms with Crippen molar-refractivity contribution in [3.63, 3.8) is 0 Å². The van der Waals surface area contributed by atoms with E-state index < -0.39 is 0 Å². The summed E-state index contributed by atoms with van der Waals surface area (Å²) in [5.41, 5.74) is 1.71. The van der Waals surface area contributed by atoms with Crippen LogP contribution in [0.4, 0.5) is 0 Å². The van der Waals surface area contributed by atoms with Gasteiger partial charge in [0.25, 0.3) is 0 Å². The summed E-state index contributed by atoms with van der Waals surface area (Å²) in [5, 5.41) is 3.41. The van der Waals surface area contributed by atoms with Crippen LogP contribution in [-0.2, 0) is 11.3 Å². The Morgan fingerprint density at radius 1 is 1.23 bits per heavy atom. The van der Waals surface area contributed by atoms with Crippen molar-refractivity contribution in [3.05, 3.63) is 16.1 Å². The highest BCUT2D eigenvalue weighted by molar-refractivity contribution is 7.09. The fourth-order valence-electron chi connectivity index (χ4n) is 5.71. The minimum Gasteiger partial charge on any atom is -0.384 e. The molecule has 1 saturated carbocycles. The molecule has 3 fully saturated rings. The summed E-state index contributed by atoms with van der Waals surface area (Å²) in [6, 6.07) is 0. The van der Waals surface area contributed by atoms with Crippen molar-refractivity contribution in [2.24, 2.45) is 17.3 Å². The monoisotopic (exact) mass is 377 g/mol. The van der Waals surface area contributed by atoms with Crippen molar-refractivity contribution < 1.29 is 4.74 Å². The molecule has 0 unspecified atom stereocenters. The van der Waals surface area contributed by atoms with Gasteiger partial charge in [-0.25, -0.2) is 4.98 Å². The second kappa shape index (κ2) is 8.26. The molecule has 5 heteroatoms. The van der Waals surface area contributed by atoms with Crippen LogP contribution in [0.1, 0.15) is 49.2 Å². The van der Waals surface area contributed by atoms with E-state index in [4.69, 9.17) is 4.74 Å². The van der Waals surface area contributed by atoms with Crippen LogP contribution in [0.3, 0.4) is 0 Å². The van der Waals surface area contributed by atoms with E-state index in [0.717, 1.165) is 19.1 Å². The summed E-state index contributed by atoms with van der Waals surface area (Å²) in [6.07, 6.45) is 8.55. The Hall–Kier alpha value is -0.490. The van der Waals surface area contributed by atoms with Crippen LogP contribution >= 0.6 is 11.3 Å². The topological polar surface area (TPSA) is 28.6 Å². The van der Waals surface area contributed by atoms with E-state index in [1.165, 1.54) is 82.0 Å². The van der Waals surface area contributed by atoms with Crippen LogP contribution in [0.25, 0.3) is 0 Å². The lowest BCUT2D eigenvalue weighted by Gasteiger charge is -2.43. The molecular weight excluding hydrogens is 342 g/mol. The van der Waals surface area contributed by atoms with Crippen molar-refractivity contribution in [2.75, 3.05) is 46.4 Å². The minimum atomic E-state index is 0.466. The zero-order chi connectivity index (χ0) is 18.0. The standard InChI is InChI=1S/C21H35N3OS/c1-17-22-20(15-26-17)13-24-12-19(14-25-2)21(16-24)7-9-23(10-8-21)11-18-5-3-4-6-18/h15,18-19H,3-14,16H2,1-2H3/t19-/m0/s1. The van der Waals surface area contributed by atoms with Gasteiger partial charge in [-0.15, -0.1) is 11.3 Å². The Bertz CT molecular complexity index is 576. The number of aromatic nitrogens is 1. The lowest BCUT2D eigenvalue weighted by atomic mass is 9.71. The number of aryl methyl sites for hydroxylation is 1. The van der Waals surface area contributed by atoms with Crippen molar-refractivity contribution in [1.82, 2.24) is 14.8 Å². The third-order valence-corrected chi connectivity index (χ3v) is 7.97. The number of ether oxygens (including phenoxy) is 1. The Morgan fingerprint density at radius 3 is 2.65 bits per heavy atom. The predicted octanol–water partition coefficient (Wildman–Crippen LogP) is 3.80. The second-order valence-electron chi connectivity index (χ2n) is 8.99. The third-order valence-electron chi connectivity index (χ3n) is 7.15. The smallest absolute Gasteiger partial charge is 0.0897 e. The Labute approximate surface area is 162 Å². The maximum absolute atomic E-state index is 5.64. The summed E-state index contributed by atoms with van der Waals surface area (Å²) >= 11 is 1.77. The first-order chi connectivity index (χ1) is 12.7. The fourth-order valence-corrected chi connectivity index (χ4v) is 6.31. The number of hydrogen-bond donors (Lipinski definition) is 0. The van der Waals surface area contributed by atoms with Crippen LogP contribution < -0.4 is 0 Å². The van der Waals surface area contributed by atoms with Crippen LogP contribution in [0.5, 0.6) is 0 Å². The first-order valence-corrected chi connectivity index (χ1v) is 11.4. The van der Waals surface area contributed by atoms with Gasteiger partial charge in [0.05, 0.1) is 17.3 Å². The van der Waals surface area contributed by atoms with E-state index in [0.29, 0.717) is 11.3 Å². The highest BCUT2D eigenvalue weighted by Gasteiger charge is 2.47. The van der Waals surface area contributed by atoms with Gasteiger partial charge in [-0.05, 0) is 57.0 Å². The third kappa shape index (κ3) is 4.16. The molecule has 0 amide bonds. The summed E-state index contributed by atoms with van der Waals surface area (Å²) in [5.74, 6) is 1.66. The number of nitrogens with zero attached hydrogens (tertiary/aromatic N) is 3. The van der Waals surface area contributed by atoms with Crippen molar-refractivity contribution in [3.8, 4) is 0 Å². The summed E-state index contributed by atoms with van der Waals surface area (Å²) in [6.45, 7) is 10.4. The quantitative estimate of drug-likeness (QED) is 0.754. The van der Waals surface area contributed by atoms with Crippen LogP contribution in [0, 0.1) is 24.2 Å². The SMILES string of the molecule is COC[C@@H]1CN(Cc2csc(C)n2)CC12CCN(CC1CCCC1)CC2. The largest absolute Gasteiger partial charge is 0.384 e. The van der Waals surface area contributed by atoms with Gasteiger partial charge in [-0.3, -0.25) is 4.90 Å². The summed E-state index contributed by atoms with van der Waals surface area (Å²) < 4.78 is 5.64. The highest BCUT2D eigenvalue weighted by atomic mass is 32.1. The summed E-state index contributed by atoms with van der Waals surface area (Å²) in [4.78, 5) is 10.1. The normalized spacial score (nSPS) is 27.7. The van der Waals surface area contributed by atoms with Gasteiger partial charge in [0.15, 0.2) is 0 Å². The lowest BCUT2D eigenvalue weighted by Crippen LogP contribution is -2.46. The molecule has 3 heterocycles. The maximum atomic E-state index is 5.64. The first kappa shape index (κ1) is 18.9. The molecule has 0 radical (unpaired) electrons. The highest BCUT2D eigenvalue weighted by Crippen LogP contribution is 2.45. The minimum absolute atomic E-state index is 0.466. The van der Waals surface area contributed by atoms with E-state index in [1.807, 2.05) is 7.11 Å². The number of methoxy groups -OCH3 is 1. The zero-order valence-electron chi connectivity index (χ0n) is 16.6. The number of thiazole rings is 1. The molecule has 2 aliphatic heterocycles. The van der Waals surface area contributed by atoms with Crippen LogP contribution in [0.15, 0.2) is 5.38 Å². The lowest BCUT2D eigenvalue weighted by molar-refractivity contribution is 0.0330. The number of hydrogen-bond acceptors (Lipinski definition) is 5. The van der Waals surface area contributed by atoms with Crippen molar-refractivity contribution >= 4 is 11.3 Å². The van der Waals surface area contributed by atoms with Gasteiger partial charge in [-0.1, -0.05) is 12.8 Å². The maximum Gasteiger partial charge on any atom is 0.0897 e. The van der Waals surface area contributed by atoms with E-state index in [-0.39, 0.29) is 0 Å². The van der Waals surface area contributed by atoms with Gasteiger partial charge >= 0.3 is 0 Å². The van der Waals surface area contributed by atoms with Gasteiger partial charge in [0.1, 0.15) is 0 Å². The molecular formula is C21H35N3OS. The molecule has 2 saturated heterocycles. The molecule has 0 N–H and O–H groups in total. The molecule has 4 rings (SSSR count). The average Bonchev–Trinajstić information content (AvgIpc) is 3.34. The van der Waals surface area contributed by atoms with Gasteiger partial charge in [-0.2, -0.15) is 0 Å². The Morgan fingerprint density at radius 2 is 2.00 bits per heavy atom. The Kier molecular flexibility index (Phi) is 5.99. The number of likely N-dealkylation sites (tertiary alicyclic amines) is 2. The van der Waals surface area contributed by atoms with Gasteiger partial charge in [0.2, 0.25) is 0 Å². The predicted molar refractivity (Wildman–Crippen MR) is 108 cm³/mol. The average molecular weight is 378 g/mol. The van der Waals surface area contributed by atoms with Crippen molar-refractivity contribution in [1.29, 1.82) is 0 Å². The van der Waals surface area contributed by atoms with Crippen molar-refractivity contribution in [2.45, 2.75) is 52.0 Å². The Balaban J connectivity index is 1.35. The molecule has 0 bridgehead atoms. The summed E-state index contributed by atoms with van der Waals surface area (Å²) in [7, 11) is 1.87. The van der Waals surface area contributed by atoms with Gasteiger partial charge in [0, 0.05) is 44.6 Å². The molecule has 1 atom stereocenters. The molecule has 1 aliphatic carbocycles. The molecule has 1 aromatic rings. The van der Waals surface area contributed by atoms with E-state index in [2.05, 4.69) is 27.1 Å². The molecule has 1 aromatic heterocycles. The van der Waals surface area contributed by atoms with Crippen LogP contribution in [-0.4, -0.2) is 61.2 Å². The molecule has 3 aliphatic rings.